The van der Waals surface area contributed by atoms with Crippen molar-refractivity contribution in [2.45, 2.75) is 0 Å². The molecule has 0 unspecified atom stereocenters. The maximum atomic E-state index is 5.92. The smallest absolute Gasteiger partial charge is 0.185 e. The van der Waals surface area contributed by atoms with Crippen molar-refractivity contribution in [1.29, 1.82) is 0 Å². The van der Waals surface area contributed by atoms with Crippen LogP contribution in [0.4, 0.5) is 0 Å². The summed E-state index contributed by atoms with van der Waals surface area (Å²) in [5, 5.41) is 17.5. The number of nitrogens with zero attached hydrogens (tertiary/aromatic N) is 4. The van der Waals surface area contributed by atoms with Crippen molar-refractivity contribution in [3.8, 4) is 16.3 Å². The van der Waals surface area contributed by atoms with Gasteiger partial charge >= 0.3 is 0 Å². The Morgan fingerprint density at radius 2 is 1.83 bits per heavy atom. The fourth-order valence-electron chi connectivity index (χ4n) is 1.91. The van der Waals surface area contributed by atoms with Gasteiger partial charge in [-0.05, 0) is 29.8 Å². The van der Waals surface area contributed by atoms with Crippen molar-refractivity contribution in [2.75, 3.05) is 7.11 Å². The zero-order valence-corrected chi connectivity index (χ0v) is 13.8. The molecule has 3 aromatic rings. The van der Waals surface area contributed by atoms with E-state index in [2.05, 4.69) is 20.4 Å². The third-order valence-electron chi connectivity index (χ3n) is 3.15. The van der Waals surface area contributed by atoms with Gasteiger partial charge in [0.05, 0.1) is 13.3 Å². The zero-order chi connectivity index (χ0) is 16.8. The van der Waals surface area contributed by atoms with Gasteiger partial charge in [-0.3, -0.25) is 0 Å². The van der Waals surface area contributed by atoms with E-state index in [1.807, 2.05) is 54.6 Å². The topological polar surface area (TPSA) is 85.8 Å². The molecule has 0 fully saturated rings. The number of hydrogen-bond acceptors (Lipinski definition) is 6. The van der Waals surface area contributed by atoms with E-state index in [4.69, 9.17) is 10.5 Å². The number of methoxy groups -OCH3 is 1. The van der Waals surface area contributed by atoms with Gasteiger partial charge in [0.2, 0.25) is 0 Å². The molecule has 0 atom stereocenters. The van der Waals surface area contributed by atoms with E-state index < -0.39 is 0 Å². The average molecular weight is 337 g/mol. The van der Waals surface area contributed by atoms with Crippen LogP contribution in [0.1, 0.15) is 10.6 Å². The molecule has 1 heterocycles. The van der Waals surface area contributed by atoms with E-state index in [1.165, 1.54) is 11.3 Å². The monoisotopic (exact) mass is 337 g/mol. The van der Waals surface area contributed by atoms with Crippen molar-refractivity contribution in [3.05, 3.63) is 65.2 Å². The van der Waals surface area contributed by atoms with Crippen LogP contribution in [0.15, 0.2) is 64.8 Å². The third-order valence-corrected chi connectivity index (χ3v) is 4.15. The molecule has 0 saturated heterocycles. The molecule has 3 rings (SSSR count). The van der Waals surface area contributed by atoms with Gasteiger partial charge < -0.3 is 10.5 Å². The highest BCUT2D eigenvalue weighted by atomic mass is 32.1. The molecule has 2 N–H and O–H groups in total. The van der Waals surface area contributed by atoms with Gasteiger partial charge in [0, 0.05) is 5.56 Å². The minimum Gasteiger partial charge on any atom is -0.497 e. The summed E-state index contributed by atoms with van der Waals surface area (Å²) in [6.45, 7) is 0. The summed E-state index contributed by atoms with van der Waals surface area (Å²) in [7, 11) is 1.62. The molecular formula is C17H15N5OS. The Kier molecular flexibility index (Phi) is 4.93. The second kappa shape index (κ2) is 7.47. The number of amidine groups is 1. The Morgan fingerprint density at radius 3 is 2.54 bits per heavy atom. The standard InChI is InChI=1S/C17H15N5OS/c1-23-14-9-7-12(8-10-14)11-19-20-15(18)17-22-21-16(24-17)13-5-3-2-4-6-13/h2-11H,1H3,(H2,18,20)/b19-11+. The fraction of sp³-hybridized carbons (Fsp3) is 0.0588. The largest absolute Gasteiger partial charge is 0.497 e. The van der Waals surface area contributed by atoms with E-state index in [0.717, 1.165) is 21.9 Å². The van der Waals surface area contributed by atoms with Crippen LogP contribution < -0.4 is 10.5 Å². The number of rotatable bonds is 5. The van der Waals surface area contributed by atoms with Gasteiger partial charge in [0.1, 0.15) is 10.8 Å². The summed E-state index contributed by atoms with van der Waals surface area (Å²) in [5.74, 6) is 1.02. The molecule has 7 heteroatoms. The second-order valence-corrected chi connectivity index (χ2v) is 5.76. The fourth-order valence-corrected chi connectivity index (χ4v) is 2.66. The van der Waals surface area contributed by atoms with Crippen LogP contribution in [0.5, 0.6) is 5.75 Å². The number of benzene rings is 2. The average Bonchev–Trinajstić information content (AvgIpc) is 3.13. The van der Waals surface area contributed by atoms with Crippen LogP contribution in [0.2, 0.25) is 0 Å². The van der Waals surface area contributed by atoms with Gasteiger partial charge in [0.25, 0.3) is 0 Å². The van der Waals surface area contributed by atoms with Gasteiger partial charge in [-0.25, -0.2) is 0 Å². The first-order chi connectivity index (χ1) is 11.8. The summed E-state index contributed by atoms with van der Waals surface area (Å²) >= 11 is 1.38. The van der Waals surface area contributed by atoms with Crippen LogP contribution in [-0.2, 0) is 0 Å². The number of nitrogens with two attached hydrogens (primary N) is 1. The molecule has 2 aromatic carbocycles. The highest BCUT2D eigenvalue weighted by Crippen LogP contribution is 2.22. The van der Waals surface area contributed by atoms with Crippen molar-refractivity contribution in [3.63, 3.8) is 0 Å². The highest BCUT2D eigenvalue weighted by molar-refractivity contribution is 7.16. The highest BCUT2D eigenvalue weighted by Gasteiger charge is 2.09. The minimum atomic E-state index is 0.236. The summed E-state index contributed by atoms with van der Waals surface area (Å²) in [5.41, 5.74) is 7.81. The summed E-state index contributed by atoms with van der Waals surface area (Å²) in [6.07, 6.45) is 1.62. The number of aromatic nitrogens is 2. The van der Waals surface area contributed by atoms with E-state index >= 15 is 0 Å². The van der Waals surface area contributed by atoms with Crippen molar-refractivity contribution >= 4 is 23.4 Å². The van der Waals surface area contributed by atoms with E-state index in [9.17, 15) is 0 Å². The van der Waals surface area contributed by atoms with Gasteiger partial charge in [-0.15, -0.1) is 15.3 Å². The molecule has 0 aliphatic rings. The van der Waals surface area contributed by atoms with E-state index in [-0.39, 0.29) is 5.84 Å². The van der Waals surface area contributed by atoms with Crippen LogP contribution >= 0.6 is 11.3 Å². The molecule has 0 amide bonds. The third kappa shape index (κ3) is 3.82. The molecule has 0 aliphatic carbocycles. The Morgan fingerprint density at radius 1 is 1.08 bits per heavy atom. The summed E-state index contributed by atoms with van der Waals surface area (Å²) < 4.78 is 5.10. The summed E-state index contributed by atoms with van der Waals surface area (Å²) in [6, 6.07) is 17.3. The molecule has 0 bridgehead atoms. The lowest BCUT2D eigenvalue weighted by Gasteiger charge is -1.98. The zero-order valence-electron chi connectivity index (χ0n) is 13.0. The van der Waals surface area contributed by atoms with Crippen molar-refractivity contribution < 1.29 is 4.74 Å². The second-order valence-electron chi connectivity index (χ2n) is 4.78. The van der Waals surface area contributed by atoms with E-state index in [1.54, 1.807) is 13.3 Å². The molecule has 0 saturated carbocycles. The van der Waals surface area contributed by atoms with Crippen LogP contribution in [-0.4, -0.2) is 29.4 Å². The van der Waals surface area contributed by atoms with Crippen LogP contribution in [0.25, 0.3) is 10.6 Å². The summed E-state index contributed by atoms with van der Waals surface area (Å²) in [4.78, 5) is 0. The quantitative estimate of drug-likeness (QED) is 0.440. The maximum Gasteiger partial charge on any atom is 0.185 e. The molecular weight excluding hydrogens is 322 g/mol. The number of ether oxygens (including phenoxy) is 1. The van der Waals surface area contributed by atoms with E-state index in [0.29, 0.717) is 5.01 Å². The Balaban J connectivity index is 1.71. The van der Waals surface area contributed by atoms with Gasteiger partial charge in [0.15, 0.2) is 10.8 Å². The maximum absolute atomic E-state index is 5.92. The number of hydrogen-bond donors (Lipinski definition) is 1. The first-order valence-electron chi connectivity index (χ1n) is 7.16. The minimum absolute atomic E-state index is 0.236. The SMILES string of the molecule is COc1ccc(/C=N/N=C(\N)c2nnc(-c3ccccc3)s2)cc1. The lowest BCUT2D eigenvalue weighted by molar-refractivity contribution is 0.415. The van der Waals surface area contributed by atoms with Crippen molar-refractivity contribution in [2.24, 2.45) is 15.9 Å². The molecule has 6 nitrogen and oxygen atoms in total. The molecule has 1 aromatic heterocycles. The Bertz CT molecular complexity index is 856. The lowest BCUT2D eigenvalue weighted by Crippen LogP contribution is -2.12. The van der Waals surface area contributed by atoms with Crippen molar-refractivity contribution in [1.82, 2.24) is 10.2 Å². The van der Waals surface area contributed by atoms with Crippen LogP contribution in [0, 0.1) is 0 Å². The molecule has 0 radical (unpaired) electrons. The predicted octanol–water partition coefficient (Wildman–Crippen LogP) is 2.95. The Hall–Kier alpha value is -3.06. The molecule has 24 heavy (non-hydrogen) atoms. The molecule has 120 valence electrons. The predicted molar refractivity (Wildman–Crippen MR) is 96.7 cm³/mol. The first-order valence-corrected chi connectivity index (χ1v) is 7.98. The lowest BCUT2D eigenvalue weighted by atomic mass is 10.2. The van der Waals surface area contributed by atoms with Gasteiger partial charge in [-0.2, -0.15) is 5.10 Å². The Labute approximate surface area is 143 Å². The van der Waals surface area contributed by atoms with Gasteiger partial charge in [-0.1, -0.05) is 41.7 Å². The molecule has 0 aliphatic heterocycles. The van der Waals surface area contributed by atoms with Crippen LogP contribution in [0.3, 0.4) is 0 Å². The first kappa shape index (κ1) is 15.8. The molecule has 0 spiro atoms. The normalized spacial score (nSPS) is 11.8.